The number of benzene rings is 3. The molecule has 3 rings (SSSR count). The van der Waals surface area contributed by atoms with Gasteiger partial charge < -0.3 is 9.47 Å². The molecule has 3 aromatic rings. The number of rotatable bonds is 18. The third kappa shape index (κ3) is 11.0. The Morgan fingerprint density at radius 1 is 0.641 bits per heavy atom. The topological polar surface area (TPSA) is 35.5 Å². The van der Waals surface area contributed by atoms with Gasteiger partial charge in [-0.05, 0) is 66.3 Å². The lowest BCUT2D eigenvalue weighted by Gasteiger charge is -2.14. The van der Waals surface area contributed by atoms with E-state index < -0.39 is 0 Å². The van der Waals surface area contributed by atoms with Gasteiger partial charge >= 0.3 is 5.97 Å². The maximum Gasteiger partial charge on any atom is 0.343 e. The Bertz CT molecular complexity index is 1070. The van der Waals surface area contributed by atoms with E-state index in [0.717, 1.165) is 42.6 Å². The fraction of sp³-hybridized carbons (Fsp3) is 0.472. The molecule has 210 valence electrons. The van der Waals surface area contributed by atoms with Crippen molar-refractivity contribution >= 4 is 5.97 Å². The SMILES string of the molecule is CCCCCCCCCCCCOC(C)c1ccc(C(=O)Oc2ccc(-c3ccc(CCC)cc3)cc2)cc1. The van der Waals surface area contributed by atoms with Crippen LogP contribution in [0.2, 0.25) is 0 Å². The summed E-state index contributed by atoms with van der Waals surface area (Å²) in [6, 6.07) is 23.9. The molecule has 3 nitrogen and oxygen atoms in total. The first kappa shape index (κ1) is 30.6. The molecule has 0 aliphatic heterocycles. The summed E-state index contributed by atoms with van der Waals surface area (Å²) in [6.45, 7) is 7.31. The number of hydrogen-bond acceptors (Lipinski definition) is 3. The van der Waals surface area contributed by atoms with Crippen LogP contribution in [0.15, 0.2) is 72.8 Å². The number of hydrogen-bond donors (Lipinski definition) is 0. The van der Waals surface area contributed by atoms with Crippen LogP contribution in [0, 0.1) is 0 Å². The standard InChI is InChI=1S/C36H48O3/c1-4-6-7-8-9-10-11-12-13-14-28-38-29(3)31-20-22-34(23-21-31)36(37)39-35-26-24-33(25-27-35)32-18-16-30(15-5-2)17-19-32/h16-27,29H,4-15,28H2,1-3H3. The minimum Gasteiger partial charge on any atom is -0.423 e. The lowest BCUT2D eigenvalue weighted by molar-refractivity contribution is 0.0626. The molecule has 1 atom stereocenters. The van der Waals surface area contributed by atoms with Gasteiger partial charge in [0.15, 0.2) is 0 Å². The summed E-state index contributed by atoms with van der Waals surface area (Å²) in [7, 11) is 0. The minimum atomic E-state index is -0.350. The Morgan fingerprint density at radius 2 is 1.18 bits per heavy atom. The molecule has 3 heteroatoms. The Balaban J connectivity index is 1.36. The molecule has 0 amide bonds. The molecule has 39 heavy (non-hydrogen) atoms. The molecule has 0 N–H and O–H groups in total. The van der Waals surface area contributed by atoms with E-state index in [0.29, 0.717) is 11.3 Å². The van der Waals surface area contributed by atoms with Crippen molar-refractivity contribution in [1.82, 2.24) is 0 Å². The van der Waals surface area contributed by atoms with Gasteiger partial charge in [-0.15, -0.1) is 0 Å². The molecule has 0 saturated carbocycles. The average molecular weight is 529 g/mol. The molecule has 3 aromatic carbocycles. The third-order valence-corrected chi connectivity index (χ3v) is 7.37. The minimum absolute atomic E-state index is 0.0113. The van der Waals surface area contributed by atoms with E-state index >= 15 is 0 Å². The van der Waals surface area contributed by atoms with Crippen molar-refractivity contribution < 1.29 is 14.3 Å². The number of aryl methyl sites for hydroxylation is 1. The highest BCUT2D eigenvalue weighted by molar-refractivity contribution is 5.91. The third-order valence-electron chi connectivity index (χ3n) is 7.37. The predicted molar refractivity (Wildman–Crippen MR) is 163 cm³/mol. The molecule has 0 aromatic heterocycles. The van der Waals surface area contributed by atoms with Gasteiger partial charge in [0.2, 0.25) is 0 Å². The average Bonchev–Trinajstić information content (AvgIpc) is 2.97. The molecule has 0 bridgehead atoms. The molecule has 0 saturated heterocycles. The lowest BCUT2D eigenvalue weighted by atomic mass is 10.0. The van der Waals surface area contributed by atoms with Crippen LogP contribution in [-0.2, 0) is 11.2 Å². The summed E-state index contributed by atoms with van der Waals surface area (Å²) >= 11 is 0. The van der Waals surface area contributed by atoms with Crippen molar-refractivity contribution in [3.8, 4) is 16.9 Å². The highest BCUT2D eigenvalue weighted by atomic mass is 16.5. The van der Waals surface area contributed by atoms with Crippen LogP contribution in [-0.4, -0.2) is 12.6 Å². The maximum atomic E-state index is 12.7. The fourth-order valence-corrected chi connectivity index (χ4v) is 4.87. The van der Waals surface area contributed by atoms with Crippen molar-refractivity contribution in [3.63, 3.8) is 0 Å². The summed E-state index contributed by atoms with van der Waals surface area (Å²) in [5.41, 5.74) is 5.24. The number of esters is 1. The van der Waals surface area contributed by atoms with Crippen molar-refractivity contribution in [2.45, 2.75) is 104 Å². The van der Waals surface area contributed by atoms with E-state index in [2.05, 4.69) is 45.0 Å². The fourth-order valence-electron chi connectivity index (χ4n) is 4.87. The van der Waals surface area contributed by atoms with Crippen LogP contribution in [0.1, 0.15) is 119 Å². The number of ether oxygens (including phenoxy) is 2. The van der Waals surface area contributed by atoms with Crippen LogP contribution < -0.4 is 4.74 Å². The zero-order chi connectivity index (χ0) is 27.7. The van der Waals surface area contributed by atoms with Crippen molar-refractivity contribution in [2.24, 2.45) is 0 Å². The molecule has 0 spiro atoms. The van der Waals surface area contributed by atoms with Crippen molar-refractivity contribution in [3.05, 3.63) is 89.5 Å². The van der Waals surface area contributed by atoms with Gasteiger partial charge in [-0.3, -0.25) is 0 Å². The van der Waals surface area contributed by atoms with Crippen molar-refractivity contribution in [2.75, 3.05) is 6.61 Å². The number of carbonyl (C=O) groups is 1. The summed E-state index contributed by atoms with van der Waals surface area (Å²) in [4.78, 5) is 12.7. The molecule has 0 aliphatic rings. The van der Waals surface area contributed by atoms with E-state index in [4.69, 9.17) is 9.47 Å². The van der Waals surface area contributed by atoms with Crippen molar-refractivity contribution in [1.29, 1.82) is 0 Å². The van der Waals surface area contributed by atoms with Gasteiger partial charge in [0.25, 0.3) is 0 Å². The first-order valence-electron chi connectivity index (χ1n) is 15.2. The molecule has 0 heterocycles. The maximum absolute atomic E-state index is 12.7. The van der Waals surface area contributed by atoms with Crippen LogP contribution in [0.3, 0.4) is 0 Å². The summed E-state index contributed by atoms with van der Waals surface area (Å²) in [6.07, 6.45) is 15.5. The lowest BCUT2D eigenvalue weighted by Crippen LogP contribution is -2.09. The van der Waals surface area contributed by atoms with Crippen LogP contribution in [0.5, 0.6) is 5.75 Å². The molecular weight excluding hydrogens is 480 g/mol. The van der Waals surface area contributed by atoms with Crippen LogP contribution in [0.25, 0.3) is 11.1 Å². The molecule has 0 aliphatic carbocycles. The van der Waals surface area contributed by atoms with E-state index in [1.807, 2.05) is 48.5 Å². The molecule has 1 unspecified atom stereocenters. The van der Waals surface area contributed by atoms with E-state index in [1.165, 1.54) is 63.4 Å². The second kappa shape index (κ2) is 17.6. The zero-order valence-electron chi connectivity index (χ0n) is 24.4. The van der Waals surface area contributed by atoms with Gasteiger partial charge in [0.1, 0.15) is 5.75 Å². The first-order chi connectivity index (χ1) is 19.1. The van der Waals surface area contributed by atoms with E-state index in [1.54, 1.807) is 0 Å². The Hall–Kier alpha value is -2.91. The van der Waals surface area contributed by atoms with Gasteiger partial charge in [-0.25, -0.2) is 4.79 Å². The molecular formula is C36H48O3. The summed E-state index contributed by atoms with van der Waals surface area (Å²) in [5, 5.41) is 0. The quantitative estimate of drug-likeness (QED) is 0.0935. The molecule has 0 fully saturated rings. The largest absolute Gasteiger partial charge is 0.423 e. The predicted octanol–water partition coefficient (Wildman–Crippen LogP) is 10.5. The van der Waals surface area contributed by atoms with E-state index in [-0.39, 0.29) is 12.1 Å². The Morgan fingerprint density at radius 3 is 1.74 bits per heavy atom. The second-order valence-corrected chi connectivity index (χ2v) is 10.7. The first-order valence-corrected chi connectivity index (χ1v) is 15.2. The normalized spacial score (nSPS) is 11.9. The highest BCUT2D eigenvalue weighted by Gasteiger charge is 2.11. The smallest absolute Gasteiger partial charge is 0.343 e. The van der Waals surface area contributed by atoms with Gasteiger partial charge in [-0.2, -0.15) is 0 Å². The van der Waals surface area contributed by atoms with Crippen LogP contribution >= 0.6 is 0 Å². The van der Waals surface area contributed by atoms with Gasteiger partial charge in [0.05, 0.1) is 11.7 Å². The molecule has 0 radical (unpaired) electrons. The number of unbranched alkanes of at least 4 members (excludes halogenated alkanes) is 9. The van der Waals surface area contributed by atoms with Gasteiger partial charge in [-0.1, -0.05) is 127 Å². The summed E-state index contributed by atoms with van der Waals surface area (Å²) in [5.74, 6) is 0.195. The zero-order valence-corrected chi connectivity index (χ0v) is 24.4. The second-order valence-electron chi connectivity index (χ2n) is 10.7. The highest BCUT2D eigenvalue weighted by Crippen LogP contribution is 2.24. The monoisotopic (exact) mass is 528 g/mol. The number of carbonyl (C=O) groups excluding carboxylic acids is 1. The Kier molecular flexibility index (Phi) is 13.8. The van der Waals surface area contributed by atoms with Gasteiger partial charge in [0, 0.05) is 6.61 Å². The Labute approximate surface area is 237 Å². The van der Waals surface area contributed by atoms with E-state index in [9.17, 15) is 4.79 Å². The van der Waals surface area contributed by atoms with Crippen LogP contribution in [0.4, 0.5) is 0 Å². The summed E-state index contributed by atoms with van der Waals surface area (Å²) < 4.78 is 11.7.